The van der Waals surface area contributed by atoms with Gasteiger partial charge in [-0.25, -0.2) is 10.9 Å². The molecule has 0 radical (unpaired) electrons. The first-order valence-electron chi connectivity index (χ1n) is 11.5. The van der Waals surface area contributed by atoms with Gasteiger partial charge in [0.25, 0.3) is 0 Å². The fourth-order valence-corrected chi connectivity index (χ4v) is 5.92. The van der Waals surface area contributed by atoms with Crippen molar-refractivity contribution in [3.8, 4) is 11.5 Å². The van der Waals surface area contributed by atoms with Gasteiger partial charge in [-0.15, -0.1) is 5.10 Å². The van der Waals surface area contributed by atoms with Gasteiger partial charge in [0.1, 0.15) is 0 Å². The number of anilines is 1. The number of hydrogen-bond acceptors (Lipinski definition) is 8. The maximum atomic E-state index is 13.3. The third-order valence-electron chi connectivity index (χ3n) is 7.60. The molecule has 10 heteroatoms. The van der Waals surface area contributed by atoms with E-state index in [2.05, 4.69) is 36.4 Å². The molecule has 3 unspecified atom stereocenters. The topological polar surface area (TPSA) is 98.6 Å². The first-order chi connectivity index (χ1) is 15.6. The summed E-state index contributed by atoms with van der Waals surface area (Å²) in [5.74, 6) is 1.96. The van der Waals surface area contributed by atoms with Gasteiger partial charge < -0.3 is 14.2 Å². The zero-order chi connectivity index (χ0) is 21.7. The summed E-state index contributed by atoms with van der Waals surface area (Å²) in [5, 5.41) is 9.19. The van der Waals surface area contributed by atoms with Crippen molar-refractivity contribution in [3.63, 3.8) is 0 Å². The lowest BCUT2D eigenvalue weighted by atomic mass is 9.81. The number of aromatic nitrogens is 2. The van der Waals surface area contributed by atoms with Crippen molar-refractivity contribution in [1.82, 2.24) is 31.5 Å². The number of carbonyl (C=O) groups excluding carboxylic acids is 1. The van der Waals surface area contributed by atoms with Gasteiger partial charge >= 0.3 is 6.01 Å². The number of amides is 1. The summed E-state index contributed by atoms with van der Waals surface area (Å²) in [6, 6.07) is 8.73. The molecule has 0 bridgehead atoms. The van der Waals surface area contributed by atoms with E-state index in [0.717, 1.165) is 57.4 Å². The lowest BCUT2D eigenvalue weighted by Crippen LogP contribution is -2.49. The maximum Gasteiger partial charge on any atom is 0.318 e. The zero-order valence-electron chi connectivity index (χ0n) is 17.8. The summed E-state index contributed by atoms with van der Waals surface area (Å²) in [5.41, 5.74) is 10.4. The number of likely N-dealkylation sites (tertiary alicyclic amines) is 1. The second-order valence-electron chi connectivity index (χ2n) is 9.53. The standard InChI is InChI=1S/C22H28ClN7O2/c23-17-4-1-13(2-5-17)20-26-27-22(32-20)30-10-15-7-8-29(11-16(15)12-30)21(31)14-3-6-18-19(9-14)25-28-24-18/h1-2,4-5,14-16,18-19,24-25,28H,3,6-12H2/t14?,15-,16-,18?,19?/m1/s1. The van der Waals surface area contributed by atoms with E-state index in [9.17, 15) is 4.79 Å². The molecular weight excluding hydrogens is 430 g/mol. The van der Waals surface area contributed by atoms with Crippen LogP contribution in [0.2, 0.25) is 5.02 Å². The zero-order valence-corrected chi connectivity index (χ0v) is 18.6. The summed E-state index contributed by atoms with van der Waals surface area (Å²) in [6.07, 6.45) is 3.92. The average Bonchev–Trinajstić information content (AvgIpc) is 3.57. The van der Waals surface area contributed by atoms with Gasteiger partial charge in [-0.2, -0.15) is 5.53 Å². The number of fused-ring (bicyclic) bond motifs is 2. The molecule has 1 amide bonds. The normalized spacial score (nSPS) is 32.1. The molecule has 1 aromatic carbocycles. The number of carbonyl (C=O) groups is 1. The summed E-state index contributed by atoms with van der Waals surface area (Å²) < 4.78 is 5.97. The van der Waals surface area contributed by atoms with E-state index in [1.54, 1.807) is 0 Å². The van der Waals surface area contributed by atoms with Crippen LogP contribution in [0.1, 0.15) is 25.7 Å². The van der Waals surface area contributed by atoms with Crippen LogP contribution in [0.15, 0.2) is 28.7 Å². The molecule has 1 saturated carbocycles. The Hall–Kier alpha value is -2.20. The van der Waals surface area contributed by atoms with Crippen molar-refractivity contribution < 1.29 is 9.21 Å². The van der Waals surface area contributed by atoms with Crippen LogP contribution < -0.4 is 21.3 Å². The molecule has 4 aliphatic rings. The highest BCUT2D eigenvalue weighted by Crippen LogP contribution is 2.36. The largest absolute Gasteiger partial charge is 0.403 e. The predicted molar refractivity (Wildman–Crippen MR) is 119 cm³/mol. The fourth-order valence-electron chi connectivity index (χ4n) is 5.79. The Morgan fingerprint density at radius 2 is 1.81 bits per heavy atom. The number of benzene rings is 1. The van der Waals surface area contributed by atoms with Gasteiger partial charge in [0, 0.05) is 54.8 Å². The monoisotopic (exact) mass is 457 g/mol. The molecule has 4 fully saturated rings. The Bertz CT molecular complexity index is 983. The minimum atomic E-state index is 0.123. The molecule has 9 nitrogen and oxygen atoms in total. The number of nitrogens with one attached hydrogen (secondary N) is 3. The van der Waals surface area contributed by atoms with E-state index in [4.69, 9.17) is 16.0 Å². The van der Waals surface area contributed by atoms with Crippen molar-refractivity contribution >= 4 is 23.5 Å². The smallest absolute Gasteiger partial charge is 0.318 e. The SMILES string of the molecule is O=C(C1CCC2NNNC2C1)N1CC[C@@H]2CN(c3nnc(-c4ccc(Cl)cc4)o3)C[C@H]2C1. The van der Waals surface area contributed by atoms with E-state index in [1.807, 2.05) is 24.3 Å². The van der Waals surface area contributed by atoms with Crippen molar-refractivity contribution in [2.75, 3.05) is 31.1 Å². The summed E-state index contributed by atoms with van der Waals surface area (Å²) in [7, 11) is 0. The number of halogens is 1. The molecule has 3 aliphatic heterocycles. The number of rotatable bonds is 3. The second kappa shape index (κ2) is 8.30. The van der Waals surface area contributed by atoms with Crippen molar-refractivity contribution in [2.24, 2.45) is 17.8 Å². The maximum absolute atomic E-state index is 13.3. The van der Waals surface area contributed by atoms with E-state index in [-0.39, 0.29) is 5.92 Å². The van der Waals surface area contributed by atoms with Crippen LogP contribution in [0.25, 0.3) is 11.5 Å². The molecular formula is C22H28ClN7O2. The summed E-state index contributed by atoms with van der Waals surface area (Å²) in [6.45, 7) is 3.43. The van der Waals surface area contributed by atoms with E-state index in [1.165, 1.54) is 0 Å². The molecule has 32 heavy (non-hydrogen) atoms. The molecule has 3 saturated heterocycles. The Kier molecular flexibility index (Phi) is 5.29. The van der Waals surface area contributed by atoms with Crippen molar-refractivity contribution in [2.45, 2.75) is 37.8 Å². The van der Waals surface area contributed by atoms with Crippen LogP contribution in [0.3, 0.4) is 0 Å². The van der Waals surface area contributed by atoms with Gasteiger partial charge in [0.2, 0.25) is 11.8 Å². The lowest BCUT2D eigenvalue weighted by Gasteiger charge is -2.38. The molecule has 0 spiro atoms. The van der Waals surface area contributed by atoms with E-state index < -0.39 is 0 Å². The van der Waals surface area contributed by atoms with Crippen LogP contribution >= 0.6 is 11.6 Å². The third kappa shape index (κ3) is 3.77. The fraction of sp³-hybridized carbons (Fsp3) is 0.591. The minimum Gasteiger partial charge on any atom is -0.403 e. The molecule has 1 aromatic heterocycles. The number of nitrogens with zero attached hydrogens (tertiary/aromatic N) is 4. The van der Waals surface area contributed by atoms with Gasteiger partial charge in [0.05, 0.1) is 0 Å². The molecule has 5 atom stereocenters. The van der Waals surface area contributed by atoms with Crippen molar-refractivity contribution in [1.29, 1.82) is 0 Å². The van der Waals surface area contributed by atoms with Gasteiger partial charge in [-0.05, 0) is 61.8 Å². The van der Waals surface area contributed by atoms with Gasteiger partial charge in [-0.3, -0.25) is 4.79 Å². The summed E-state index contributed by atoms with van der Waals surface area (Å²) >= 11 is 5.97. The van der Waals surface area contributed by atoms with Gasteiger partial charge in [-0.1, -0.05) is 16.7 Å². The molecule has 1 aliphatic carbocycles. The molecule has 170 valence electrons. The third-order valence-corrected chi connectivity index (χ3v) is 7.86. The molecule has 3 N–H and O–H groups in total. The summed E-state index contributed by atoms with van der Waals surface area (Å²) in [4.78, 5) is 17.6. The van der Waals surface area contributed by atoms with Crippen LogP contribution in [0, 0.1) is 17.8 Å². The first kappa shape index (κ1) is 20.4. The first-order valence-corrected chi connectivity index (χ1v) is 11.9. The molecule has 4 heterocycles. The number of hydrogen-bond donors (Lipinski definition) is 3. The Morgan fingerprint density at radius 1 is 1.00 bits per heavy atom. The lowest BCUT2D eigenvalue weighted by molar-refractivity contribution is -0.139. The molecule has 2 aromatic rings. The quantitative estimate of drug-likeness (QED) is 0.642. The van der Waals surface area contributed by atoms with Crippen LogP contribution in [-0.4, -0.2) is 59.3 Å². The second-order valence-corrected chi connectivity index (χ2v) is 9.97. The Balaban J connectivity index is 1.09. The minimum absolute atomic E-state index is 0.123. The Labute approximate surface area is 191 Å². The number of hydrazine groups is 2. The molecule has 6 rings (SSSR count). The average molecular weight is 458 g/mol. The highest BCUT2D eigenvalue weighted by Gasteiger charge is 2.43. The van der Waals surface area contributed by atoms with E-state index >= 15 is 0 Å². The van der Waals surface area contributed by atoms with Crippen LogP contribution in [0.4, 0.5) is 6.01 Å². The van der Waals surface area contributed by atoms with Gasteiger partial charge in [0.15, 0.2) is 0 Å². The highest BCUT2D eigenvalue weighted by atomic mass is 35.5. The van der Waals surface area contributed by atoms with Crippen LogP contribution in [-0.2, 0) is 4.79 Å². The highest BCUT2D eigenvalue weighted by molar-refractivity contribution is 6.30. The van der Waals surface area contributed by atoms with Crippen LogP contribution in [0.5, 0.6) is 0 Å². The predicted octanol–water partition coefficient (Wildman–Crippen LogP) is 1.82. The van der Waals surface area contributed by atoms with E-state index in [0.29, 0.717) is 46.8 Å². The Morgan fingerprint density at radius 3 is 2.69 bits per heavy atom. The van der Waals surface area contributed by atoms with Crippen molar-refractivity contribution in [3.05, 3.63) is 29.3 Å². The number of piperidine rings is 1.